The van der Waals surface area contributed by atoms with Gasteiger partial charge in [-0.2, -0.15) is 5.26 Å². The number of piperazine rings is 1. The van der Waals surface area contributed by atoms with Crippen molar-refractivity contribution in [2.75, 3.05) is 33.2 Å². The van der Waals surface area contributed by atoms with Crippen molar-refractivity contribution in [2.45, 2.75) is 18.9 Å². The van der Waals surface area contributed by atoms with Crippen molar-refractivity contribution in [3.8, 4) is 6.07 Å². The Morgan fingerprint density at radius 1 is 1.29 bits per heavy atom. The molecule has 5 nitrogen and oxygen atoms in total. The Morgan fingerprint density at radius 3 is 2.48 bits per heavy atom. The molecule has 0 aliphatic carbocycles. The predicted octanol–water partition coefficient (Wildman–Crippen LogP) is 0.592. The quantitative estimate of drug-likeness (QED) is 0.879. The molecule has 0 aromatic heterocycles. The Kier molecular flexibility index (Phi) is 5.32. The average Bonchev–Trinajstić information content (AvgIpc) is 2.48. The zero-order valence-electron chi connectivity index (χ0n) is 12.5. The van der Waals surface area contributed by atoms with Gasteiger partial charge in [0, 0.05) is 38.6 Å². The second kappa shape index (κ2) is 7.21. The number of amides is 1. The summed E-state index contributed by atoms with van der Waals surface area (Å²) >= 11 is 0. The monoisotopic (exact) mass is 286 g/mol. The lowest BCUT2D eigenvalue weighted by atomic mass is 10.0. The van der Waals surface area contributed by atoms with Gasteiger partial charge in [0.25, 0.3) is 0 Å². The summed E-state index contributed by atoms with van der Waals surface area (Å²) < 4.78 is 0. The number of likely N-dealkylation sites (N-methyl/N-ethyl adjacent to an activating group) is 1. The van der Waals surface area contributed by atoms with E-state index in [2.05, 4.69) is 18.0 Å². The fourth-order valence-electron chi connectivity index (χ4n) is 2.50. The van der Waals surface area contributed by atoms with Crippen LogP contribution < -0.4 is 5.73 Å². The number of rotatable bonds is 4. The van der Waals surface area contributed by atoms with Crippen molar-refractivity contribution >= 4 is 5.91 Å². The molecule has 1 aromatic rings. The van der Waals surface area contributed by atoms with Crippen molar-refractivity contribution < 1.29 is 4.79 Å². The van der Waals surface area contributed by atoms with Crippen LogP contribution in [0, 0.1) is 11.3 Å². The molecule has 2 N–H and O–H groups in total. The summed E-state index contributed by atoms with van der Waals surface area (Å²) in [6.07, 6.45) is 1.04. The maximum absolute atomic E-state index is 12.2. The third-order valence-corrected chi connectivity index (χ3v) is 3.87. The minimum atomic E-state index is -0.176. The molecule has 112 valence electrons. The zero-order valence-corrected chi connectivity index (χ0v) is 12.5. The molecule has 1 atom stereocenters. The lowest BCUT2D eigenvalue weighted by molar-refractivity contribution is -0.133. The Morgan fingerprint density at radius 2 is 1.90 bits per heavy atom. The van der Waals surface area contributed by atoms with Crippen LogP contribution in [0.15, 0.2) is 24.3 Å². The van der Waals surface area contributed by atoms with Gasteiger partial charge in [0.2, 0.25) is 5.91 Å². The Hall–Kier alpha value is -1.90. The number of benzene rings is 1. The van der Waals surface area contributed by atoms with Gasteiger partial charge < -0.3 is 15.5 Å². The van der Waals surface area contributed by atoms with Crippen LogP contribution in [0.5, 0.6) is 0 Å². The molecule has 5 heteroatoms. The van der Waals surface area contributed by atoms with E-state index >= 15 is 0 Å². The van der Waals surface area contributed by atoms with Gasteiger partial charge in [0.15, 0.2) is 0 Å². The SMILES string of the molecule is CN1CCN(C(=O)C[C@H](N)Cc2ccc(C#N)cc2)CC1. The van der Waals surface area contributed by atoms with Crippen LogP contribution in [-0.4, -0.2) is 55.0 Å². The molecule has 0 bridgehead atoms. The number of nitrogens with two attached hydrogens (primary N) is 1. The molecular formula is C16H22N4O. The summed E-state index contributed by atoms with van der Waals surface area (Å²) in [5, 5.41) is 8.76. The first-order chi connectivity index (χ1) is 10.1. The average molecular weight is 286 g/mol. The number of carbonyl (C=O) groups excluding carboxylic acids is 1. The number of nitriles is 1. The zero-order chi connectivity index (χ0) is 15.2. The highest BCUT2D eigenvalue weighted by Crippen LogP contribution is 2.09. The fraction of sp³-hybridized carbons (Fsp3) is 0.500. The second-order valence-electron chi connectivity index (χ2n) is 5.66. The van der Waals surface area contributed by atoms with Crippen LogP contribution in [0.1, 0.15) is 17.5 Å². The molecular weight excluding hydrogens is 264 g/mol. The second-order valence-corrected chi connectivity index (χ2v) is 5.66. The number of hydrogen-bond acceptors (Lipinski definition) is 4. The molecule has 0 saturated carbocycles. The van der Waals surface area contributed by atoms with Crippen molar-refractivity contribution in [1.82, 2.24) is 9.80 Å². The third kappa shape index (κ3) is 4.55. The fourth-order valence-corrected chi connectivity index (χ4v) is 2.50. The van der Waals surface area contributed by atoms with Crippen LogP contribution >= 0.6 is 0 Å². The van der Waals surface area contributed by atoms with Gasteiger partial charge in [-0.1, -0.05) is 12.1 Å². The summed E-state index contributed by atoms with van der Waals surface area (Å²) in [4.78, 5) is 16.3. The summed E-state index contributed by atoms with van der Waals surface area (Å²) in [6.45, 7) is 3.44. The molecule has 2 rings (SSSR count). The van der Waals surface area contributed by atoms with Crippen LogP contribution in [0.4, 0.5) is 0 Å². The van der Waals surface area contributed by atoms with Gasteiger partial charge >= 0.3 is 0 Å². The van der Waals surface area contributed by atoms with Gasteiger partial charge in [-0.25, -0.2) is 0 Å². The van der Waals surface area contributed by atoms with Gasteiger partial charge in [0.05, 0.1) is 11.6 Å². The number of nitrogens with zero attached hydrogens (tertiary/aromatic N) is 3. The van der Waals surface area contributed by atoms with Gasteiger partial charge in [-0.05, 0) is 31.2 Å². The van der Waals surface area contributed by atoms with Crippen molar-refractivity contribution in [2.24, 2.45) is 5.73 Å². The van der Waals surface area contributed by atoms with E-state index < -0.39 is 0 Å². The van der Waals surface area contributed by atoms with E-state index in [9.17, 15) is 4.79 Å². The highest BCUT2D eigenvalue weighted by atomic mass is 16.2. The summed E-state index contributed by atoms with van der Waals surface area (Å²) in [6, 6.07) is 9.28. The standard InChI is InChI=1S/C16H22N4O/c1-19-6-8-20(9-7-19)16(21)11-15(18)10-13-2-4-14(12-17)5-3-13/h2-5,15H,6-11,18H2,1H3/t15-/m1/s1. The highest BCUT2D eigenvalue weighted by molar-refractivity contribution is 5.77. The van der Waals surface area contributed by atoms with Gasteiger partial charge in [-0.3, -0.25) is 4.79 Å². The van der Waals surface area contributed by atoms with E-state index in [1.807, 2.05) is 17.0 Å². The van der Waals surface area contributed by atoms with Gasteiger partial charge in [-0.15, -0.1) is 0 Å². The molecule has 0 unspecified atom stereocenters. The largest absolute Gasteiger partial charge is 0.340 e. The normalized spacial score (nSPS) is 17.3. The molecule has 1 aliphatic heterocycles. The predicted molar refractivity (Wildman–Crippen MR) is 81.5 cm³/mol. The maximum atomic E-state index is 12.2. The molecule has 1 aliphatic rings. The van der Waals surface area contributed by atoms with Crippen molar-refractivity contribution in [3.63, 3.8) is 0 Å². The summed E-state index contributed by atoms with van der Waals surface area (Å²) in [7, 11) is 2.07. The molecule has 1 fully saturated rings. The maximum Gasteiger partial charge on any atom is 0.224 e. The van der Waals surface area contributed by atoms with Crippen LogP contribution in [0.3, 0.4) is 0 Å². The van der Waals surface area contributed by atoms with E-state index in [0.29, 0.717) is 18.4 Å². The molecule has 0 spiro atoms. The minimum absolute atomic E-state index is 0.143. The molecule has 0 radical (unpaired) electrons. The minimum Gasteiger partial charge on any atom is -0.340 e. The number of carbonyl (C=O) groups is 1. The summed E-state index contributed by atoms with van der Waals surface area (Å²) in [5.41, 5.74) is 7.79. The third-order valence-electron chi connectivity index (χ3n) is 3.87. The smallest absolute Gasteiger partial charge is 0.224 e. The van der Waals surface area contributed by atoms with Crippen LogP contribution in [0.25, 0.3) is 0 Å². The highest BCUT2D eigenvalue weighted by Gasteiger charge is 2.20. The van der Waals surface area contributed by atoms with E-state index in [1.165, 1.54) is 0 Å². The van der Waals surface area contributed by atoms with Crippen molar-refractivity contribution in [3.05, 3.63) is 35.4 Å². The Balaban J connectivity index is 1.82. The molecule has 21 heavy (non-hydrogen) atoms. The first-order valence-corrected chi connectivity index (χ1v) is 7.29. The van der Waals surface area contributed by atoms with E-state index in [0.717, 1.165) is 31.7 Å². The van der Waals surface area contributed by atoms with Gasteiger partial charge in [0.1, 0.15) is 0 Å². The Labute approximate surface area is 125 Å². The lowest BCUT2D eigenvalue weighted by Gasteiger charge is -2.33. The first kappa shape index (κ1) is 15.5. The van der Waals surface area contributed by atoms with E-state index in [-0.39, 0.29) is 11.9 Å². The molecule has 1 saturated heterocycles. The van der Waals surface area contributed by atoms with Crippen LogP contribution in [0.2, 0.25) is 0 Å². The van der Waals surface area contributed by atoms with E-state index in [4.69, 9.17) is 11.0 Å². The number of hydrogen-bond donors (Lipinski definition) is 1. The molecule has 1 heterocycles. The molecule has 1 aromatic carbocycles. The Bertz CT molecular complexity index is 512. The molecule has 1 amide bonds. The van der Waals surface area contributed by atoms with E-state index in [1.54, 1.807) is 12.1 Å². The summed E-state index contributed by atoms with van der Waals surface area (Å²) in [5.74, 6) is 0.143. The first-order valence-electron chi connectivity index (χ1n) is 7.29. The lowest BCUT2D eigenvalue weighted by Crippen LogP contribution is -2.48. The van der Waals surface area contributed by atoms with Crippen LogP contribution in [-0.2, 0) is 11.2 Å². The topological polar surface area (TPSA) is 73.4 Å². The van der Waals surface area contributed by atoms with Crippen molar-refractivity contribution in [1.29, 1.82) is 5.26 Å².